The summed E-state index contributed by atoms with van der Waals surface area (Å²) in [6.07, 6.45) is 1.30. The second-order valence-electron chi connectivity index (χ2n) is 4.99. The molecule has 2 aromatic rings. The number of allylic oxidation sites excluding steroid dienone is 1. The Balaban J connectivity index is 2.30. The molecule has 3 rings (SSSR count). The Labute approximate surface area is 145 Å². The maximum Gasteiger partial charge on any atom is 0.220 e. The number of hydrogen-bond donors (Lipinski definition) is 0. The number of nitriles is 1. The lowest BCUT2D eigenvalue weighted by Crippen LogP contribution is -2.21. The first-order valence-electron chi connectivity index (χ1n) is 7.16. The number of halogens is 1. The van der Waals surface area contributed by atoms with E-state index in [1.165, 1.54) is 18.3 Å². The Morgan fingerprint density at radius 1 is 1.21 bits per heavy atom. The third-order valence-corrected chi connectivity index (χ3v) is 5.48. The summed E-state index contributed by atoms with van der Waals surface area (Å²) in [6, 6.07) is 13.4. The predicted molar refractivity (Wildman–Crippen MR) is 92.1 cm³/mol. The van der Waals surface area contributed by atoms with Crippen molar-refractivity contribution in [3.8, 4) is 11.8 Å². The molecule has 0 saturated heterocycles. The first-order valence-corrected chi connectivity index (χ1v) is 9.02. The zero-order chi connectivity index (χ0) is 17.3. The van der Waals surface area contributed by atoms with Crippen molar-refractivity contribution < 1.29 is 13.2 Å². The van der Waals surface area contributed by atoms with Crippen LogP contribution < -0.4 is 9.64 Å². The molecule has 0 fully saturated rings. The van der Waals surface area contributed by atoms with Gasteiger partial charge >= 0.3 is 0 Å². The molecule has 0 aromatic heterocycles. The lowest BCUT2D eigenvalue weighted by atomic mass is 10.2. The zero-order valence-electron chi connectivity index (χ0n) is 12.7. The van der Waals surface area contributed by atoms with E-state index in [-0.39, 0.29) is 9.80 Å². The van der Waals surface area contributed by atoms with Crippen LogP contribution in [0.1, 0.15) is 6.92 Å². The van der Waals surface area contributed by atoms with Crippen LogP contribution in [0, 0.1) is 11.3 Å². The van der Waals surface area contributed by atoms with Crippen LogP contribution in [0.4, 0.5) is 11.4 Å². The van der Waals surface area contributed by atoms with Gasteiger partial charge in [0.25, 0.3) is 0 Å². The van der Waals surface area contributed by atoms with Gasteiger partial charge in [0.2, 0.25) is 9.84 Å². The normalized spacial score (nSPS) is 15.2. The highest BCUT2D eigenvalue weighted by molar-refractivity contribution is 7.95. The van der Waals surface area contributed by atoms with Crippen molar-refractivity contribution >= 4 is 32.8 Å². The van der Waals surface area contributed by atoms with Crippen molar-refractivity contribution in [1.82, 2.24) is 0 Å². The van der Waals surface area contributed by atoms with Crippen LogP contribution in [0.15, 0.2) is 58.5 Å². The van der Waals surface area contributed by atoms with Crippen molar-refractivity contribution in [3.63, 3.8) is 0 Å². The number of fused-ring (bicyclic) bond motifs is 1. The molecule has 0 spiro atoms. The average molecular weight is 361 g/mol. The number of para-hydroxylation sites is 2. The van der Waals surface area contributed by atoms with Crippen molar-refractivity contribution in [1.29, 1.82) is 5.26 Å². The van der Waals surface area contributed by atoms with Gasteiger partial charge < -0.3 is 9.64 Å². The number of hydrogen-bond acceptors (Lipinski definition) is 5. The lowest BCUT2D eigenvalue weighted by Gasteiger charge is -2.29. The predicted octanol–water partition coefficient (Wildman–Crippen LogP) is 4.03. The molecule has 24 heavy (non-hydrogen) atoms. The third kappa shape index (κ3) is 2.62. The minimum absolute atomic E-state index is 0.0391. The third-order valence-electron chi connectivity index (χ3n) is 3.54. The van der Waals surface area contributed by atoms with Gasteiger partial charge in [0.1, 0.15) is 11.8 Å². The molecule has 0 unspecified atom stereocenters. The fourth-order valence-electron chi connectivity index (χ4n) is 2.50. The van der Waals surface area contributed by atoms with Crippen LogP contribution in [0.3, 0.4) is 0 Å². The highest BCUT2D eigenvalue weighted by Gasteiger charge is 2.33. The van der Waals surface area contributed by atoms with Gasteiger partial charge in [-0.2, -0.15) is 5.26 Å². The minimum Gasteiger partial charge on any atom is -0.492 e. The molecule has 0 amide bonds. The molecule has 5 nitrogen and oxygen atoms in total. The molecule has 0 bridgehead atoms. The summed E-state index contributed by atoms with van der Waals surface area (Å²) in [5, 5.41) is 9.66. The lowest BCUT2D eigenvalue weighted by molar-refractivity contribution is 0.341. The van der Waals surface area contributed by atoms with Crippen LogP contribution >= 0.6 is 11.6 Å². The molecule has 1 aliphatic rings. The maximum absolute atomic E-state index is 12.5. The Bertz CT molecular complexity index is 978. The molecular formula is C17H13ClN2O3S. The molecular weight excluding hydrogens is 348 g/mol. The standard InChI is InChI=1S/C17H13ClN2O3S/c1-2-23-16-6-4-3-5-14(16)20-11-13(10-19)24(21,22)17-8-7-12(18)9-15(17)20/h3-9,11H,2H2,1H3. The highest BCUT2D eigenvalue weighted by atomic mass is 35.5. The molecule has 7 heteroatoms. The summed E-state index contributed by atoms with van der Waals surface area (Å²) in [5.74, 6) is 0.582. The van der Waals surface area contributed by atoms with Crippen LogP contribution in [-0.4, -0.2) is 15.0 Å². The number of sulfone groups is 1. The molecule has 0 N–H and O–H groups in total. The second-order valence-corrected chi connectivity index (χ2v) is 7.31. The molecule has 0 radical (unpaired) electrons. The van der Waals surface area contributed by atoms with Crippen molar-refractivity contribution in [2.75, 3.05) is 11.5 Å². The van der Waals surface area contributed by atoms with E-state index in [0.29, 0.717) is 28.8 Å². The first-order chi connectivity index (χ1) is 11.5. The SMILES string of the molecule is CCOc1ccccc1N1C=C(C#N)S(=O)(=O)c2ccc(Cl)cc21. The smallest absolute Gasteiger partial charge is 0.220 e. The fraction of sp³-hybridized carbons (Fsp3) is 0.118. The van der Waals surface area contributed by atoms with Crippen LogP contribution in [0.5, 0.6) is 5.75 Å². The van der Waals surface area contributed by atoms with Gasteiger partial charge in [0, 0.05) is 11.2 Å². The maximum atomic E-state index is 12.5. The van der Waals surface area contributed by atoms with E-state index in [1.54, 1.807) is 29.2 Å². The average Bonchev–Trinajstić information content (AvgIpc) is 2.56. The van der Waals surface area contributed by atoms with Gasteiger partial charge in [0.15, 0.2) is 4.91 Å². The minimum atomic E-state index is -3.86. The number of benzene rings is 2. The van der Waals surface area contributed by atoms with Gasteiger partial charge in [-0.15, -0.1) is 0 Å². The van der Waals surface area contributed by atoms with Gasteiger partial charge in [-0.05, 0) is 37.3 Å². The van der Waals surface area contributed by atoms with Crippen LogP contribution in [-0.2, 0) is 9.84 Å². The largest absolute Gasteiger partial charge is 0.492 e. The van der Waals surface area contributed by atoms with Gasteiger partial charge in [-0.3, -0.25) is 0 Å². The Kier molecular flexibility index (Phi) is 4.22. The van der Waals surface area contributed by atoms with Crippen molar-refractivity contribution in [2.24, 2.45) is 0 Å². The van der Waals surface area contributed by atoms with Crippen molar-refractivity contribution in [2.45, 2.75) is 11.8 Å². The van der Waals surface area contributed by atoms with E-state index < -0.39 is 9.84 Å². The van der Waals surface area contributed by atoms with E-state index in [0.717, 1.165) is 0 Å². The van der Waals surface area contributed by atoms with Gasteiger partial charge in [0.05, 0.1) is 22.9 Å². The van der Waals surface area contributed by atoms with E-state index in [1.807, 2.05) is 19.1 Å². The zero-order valence-corrected chi connectivity index (χ0v) is 14.3. The summed E-state index contributed by atoms with van der Waals surface area (Å²) in [5.41, 5.74) is 1.01. The first kappa shape index (κ1) is 16.4. The van der Waals surface area contributed by atoms with Gasteiger partial charge in [-0.25, -0.2) is 8.42 Å². The Morgan fingerprint density at radius 2 is 1.96 bits per heavy atom. The quantitative estimate of drug-likeness (QED) is 0.826. The molecule has 0 atom stereocenters. The topological polar surface area (TPSA) is 70.4 Å². The monoisotopic (exact) mass is 360 g/mol. The summed E-state index contributed by atoms with van der Waals surface area (Å²) < 4.78 is 30.7. The molecule has 122 valence electrons. The van der Waals surface area contributed by atoms with Crippen LogP contribution in [0.2, 0.25) is 5.02 Å². The number of rotatable bonds is 3. The van der Waals surface area contributed by atoms with E-state index in [4.69, 9.17) is 16.3 Å². The number of ether oxygens (including phenoxy) is 1. The summed E-state index contributed by atoms with van der Waals surface area (Å²) in [4.78, 5) is 1.33. The Morgan fingerprint density at radius 3 is 2.67 bits per heavy atom. The molecule has 2 aromatic carbocycles. The Hall–Kier alpha value is -2.49. The van der Waals surface area contributed by atoms with E-state index in [2.05, 4.69) is 0 Å². The number of anilines is 2. The highest BCUT2D eigenvalue weighted by Crippen LogP contribution is 2.43. The van der Waals surface area contributed by atoms with E-state index >= 15 is 0 Å². The molecule has 1 heterocycles. The molecule has 0 aliphatic carbocycles. The molecule has 1 aliphatic heterocycles. The molecule has 0 saturated carbocycles. The fourth-order valence-corrected chi connectivity index (χ4v) is 3.95. The second kappa shape index (κ2) is 6.19. The summed E-state index contributed by atoms with van der Waals surface area (Å²) in [6.45, 7) is 2.32. The summed E-state index contributed by atoms with van der Waals surface area (Å²) >= 11 is 6.06. The summed E-state index contributed by atoms with van der Waals surface area (Å²) in [7, 11) is -3.86. The van der Waals surface area contributed by atoms with Crippen molar-refractivity contribution in [3.05, 3.63) is 58.6 Å². The van der Waals surface area contributed by atoms with E-state index in [9.17, 15) is 13.7 Å². The van der Waals surface area contributed by atoms with Crippen LogP contribution in [0.25, 0.3) is 0 Å². The number of nitrogens with zero attached hydrogens (tertiary/aromatic N) is 2. The van der Waals surface area contributed by atoms with Gasteiger partial charge in [-0.1, -0.05) is 23.7 Å².